The number of hydrogen-bond acceptors (Lipinski definition) is 2. The Morgan fingerprint density at radius 1 is 1.09 bits per heavy atom. The molecule has 0 radical (unpaired) electrons. The zero-order chi connectivity index (χ0) is 16.6. The van der Waals surface area contributed by atoms with Gasteiger partial charge in [0.05, 0.1) is 0 Å². The highest BCUT2D eigenvalue weighted by molar-refractivity contribution is 5.97. The van der Waals surface area contributed by atoms with E-state index in [2.05, 4.69) is 12.2 Å². The topological polar surface area (TPSA) is 66.4 Å². The van der Waals surface area contributed by atoms with Crippen molar-refractivity contribution in [1.82, 2.24) is 5.32 Å². The molecule has 0 heterocycles. The highest BCUT2D eigenvalue weighted by Crippen LogP contribution is 2.13. The van der Waals surface area contributed by atoms with Crippen LogP contribution in [-0.2, 0) is 11.2 Å². The van der Waals surface area contributed by atoms with Crippen molar-refractivity contribution in [2.45, 2.75) is 64.8 Å². The van der Waals surface area contributed by atoms with Gasteiger partial charge in [-0.15, -0.1) is 0 Å². The van der Waals surface area contributed by atoms with Crippen LogP contribution < -0.4 is 5.32 Å². The molecule has 1 aromatic carbocycles. The summed E-state index contributed by atoms with van der Waals surface area (Å²) in [5.74, 6) is -1.36. The third-order valence-electron chi connectivity index (χ3n) is 4.10. The summed E-state index contributed by atoms with van der Waals surface area (Å²) < 4.78 is 0. The first kappa shape index (κ1) is 18.2. The summed E-state index contributed by atoms with van der Waals surface area (Å²) in [6.07, 6.45) is 6.22. The molecule has 4 heteroatoms. The number of aliphatic carboxylic acids is 1. The molecule has 1 aromatic rings. The van der Waals surface area contributed by atoms with E-state index in [0.717, 1.165) is 12.8 Å². The molecule has 0 bridgehead atoms. The summed E-state index contributed by atoms with van der Waals surface area (Å²) in [6.45, 7) is 5.46. The van der Waals surface area contributed by atoms with Crippen LogP contribution >= 0.6 is 0 Å². The van der Waals surface area contributed by atoms with Gasteiger partial charge in [-0.25, -0.2) is 4.79 Å². The average molecular weight is 305 g/mol. The number of unbranched alkanes of at least 4 members (excludes halogenated alkanes) is 3. The molecule has 4 nitrogen and oxygen atoms in total. The van der Waals surface area contributed by atoms with Crippen LogP contribution in [0.3, 0.4) is 0 Å². The summed E-state index contributed by atoms with van der Waals surface area (Å²) in [6, 6.07) is 7.43. The molecule has 0 aliphatic rings. The Bertz CT molecular complexity index is 496. The fourth-order valence-electron chi connectivity index (χ4n) is 2.19. The number of benzene rings is 1. The van der Waals surface area contributed by atoms with Gasteiger partial charge in [0, 0.05) is 5.56 Å². The molecule has 0 aromatic heterocycles. The minimum absolute atomic E-state index is 0.337. The summed E-state index contributed by atoms with van der Waals surface area (Å²) in [7, 11) is 0. The van der Waals surface area contributed by atoms with Gasteiger partial charge in [0.15, 0.2) is 0 Å². The van der Waals surface area contributed by atoms with Gasteiger partial charge >= 0.3 is 5.97 Å². The van der Waals surface area contributed by atoms with Crippen molar-refractivity contribution in [2.24, 2.45) is 0 Å². The summed E-state index contributed by atoms with van der Waals surface area (Å²) >= 11 is 0. The van der Waals surface area contributed by atoms with Crippen molar-refractivity contribution in [1.29, 1.82) is 0 Å². The van der Waals surface area contributed by atoms with E-state index in [9.17, 15) is 14.7 Å². The Morgan fingerprint density at radius 3 is 2.23 bits per heavy atom. The highest BCUT2D eigenvalue weighted by atomic mass is 16.4. The number of carboxylic acid groups (broad SMARTS) is 1. The Balaban J connectivity index is 2.62. The summed E-state index contributed by atoms with van der Waals surface area (Å²) in [5, 5.41) is 11.8. The third-order valence-corrected chi connectivity index (χ3v) is 4.10. The molecular formula is C18H27NO3. The summed E-state index contributed by atoms with van der Waals surface area (Å²) in [5.41, 5.74) is 0.484. The van der Waals surface area contributed by atoms with Gasteiger partial charge in [0.2, 0.25) is 0 Å². The third kappa shape index (κ3) is 5.17. The summed E-state index contributed by atoms with van der Waals surface area (Å²) in [4.78, 5) is 23.4. The molecule has 0 saturated heterocycles. The normalized spacial score (nSPS) is 13.4. The van der Waals surface area contributed by atoms with E-state index >= 15 is 0 Å². The van der Waals surface area contributed by atoms with E-state index in [0.29, 0.717) is 12.0 Å². The lowest BCUT2D eigenvalue weighted by atomic mass is 9.98. The van der Waals surface area contributed by atoms with Crippen molar-refractivity contribution in [2.75, 3.05) is 0 Å². The van der Waals surface area contributed by atoms with Crippen molar-refractivity contribution >= 4 is 11.9 Å². The fourth-order valence-corrected chi connectivity index (χ4v) is 2.19. The molecule has 0 fully saturated rings. The lowest BCUT2D eigenvalue weighted by Gasteiger charge is -2.24. The largest absolute Gasteiger partial charge is 0.480 e. The molecule has 0 spiro atoms. The van der Waals surface area contributed by atoms with E-state index in [1.807, 2.05) is 12.1 Å². The number of rotatable bonds is 9. The van der Waals surface area contributed by atoms with Crippen LogP contribution in [0.1, 0.15) is 68.8 Å². The molecule has 1 atom stereocenters. The standard InChI is InChI=1S/C18H27NO3/c1-4-6-7-8-9-14-10-12-15(13-11-14)16(20)19-18(3,5-2)17(21)22/h10-13H,4-9H2,1-3H3,(H,19,20)(H,21,22). The van der Waals surface area contributed by atoms with Gasteiger partial charge < -0.3 is 10.4 Å². The average Bonchev–Trinajstić information content (AvgIpc) is 2.51. The SMILES string of the molecule is CCCCCCc1ccc(C(=O)NC(C)(CC)C(=O)O)cc1. The van der Waals surface area contributed by atoms with Gasteiger partial charge in [0.1, 0.15) is 5.54 Å². The van der Waals surface area contributed by atoms with Crippen LogP contribution in [0.5, 0.6) is 0 Å². The zero-order valence-electron chi connectivity index (χ0n) is 13.8. The first-order chi connectivity index (χ1) is 10.4. The van der Waals surface area contributed by atoms with Crippen LogP contribution in [0.4, 0.5) is 0 Å². The molecule has 0 aliphatic heterocycles. The molecule has 0 saturated carbocycles. The molecule has 2 N–H and O–H groups in total. The molecule has 1 rings (SSSR count). The van der Waals surface area contributed by atoms with E-state index in [1.165, 1.54) is 31.7 Å². The van der Waals surface area contributed by atoms with Crippen molar-refractivity contribution < 1.29 is 14.7 Å². The molecule has 0 aliphatic carbocycles. The quantitative estimate of drug-likeness (QED) is 0.682. The Labute approximate surface area is 132 Å². The first-order valence-electron chi connectivity index (χ1n) is 8.07. The van der Waals surface area contributed by atoms with Crippen molar-refractivity contribution in [3.05, 3.63) is 35.4 Å². The van der Waals surface area contributed by atoms with E-state index in [-0.39, 0.29) is 5.91 Å². The lowest BCUT2D eigenvalue weighted by molar-refractivity contribution is -0.143. The van der Waals surface area contributed by atoms with Crippen LogP contribution in [0.25, 0.3) is 0 Å². The van der Waals surface area contributed by atoms with Crippen LogP contribution in [0.15, 0.2) is 24.3 Å². The maximum Gasteiger partial charge on any atom is 0.329 e. The van der Waals surface area contributed by atoms with E-state index in [1.54, 1.807) is 19.1 Å². The highest BCUT2D eigenvalue weighted by Gasteiger charge is 2.32. The molecule has 1 amide bonds. The number of nitrogens with one attached hydrogen (secondary N) is 1. The number of carbonyl (C=O) groups is 2. The maximum absolute atomic E-state index is 12.2. The first-order valence-corrected chi connectivity index (χ1v) is 8.07. The number of amides is 1. The fraction of sp³-hybridized carbons (Fsp3) is 0.556. The number of carbonyl (C=O) groups excluding carboxylic acids is 1. The van der Waals surface area contributed by atoms with Gasteiger partial charge in [-0.2, -0.15) is 0 Å². The molecular weight excluding hydrogens is 278 g/mol. The van der Waals surface area contributed by atoms with E-state index < -0.39 is 11.5 Å². The minimum Gasteiger partial charge on any atom is -0.480 e. The second-order valence-electron chi connectivity index (χ2n) is 5.95. The maximum atomic E-state index is 12.2. The van der Waals surface area contributed by atoms with Gasteiger partial charge in [-0.3, -0.25) is 4.79 Å². The zero-order valence-corrected chi connectivity index (χ0v) is 13.8. The van der Waals surface area contributed by atoms with E-state index in [4.69, 9.17) is 0 Å². The molecule has 1 unspecified atom stereocenters. The number of aryl methyl sites for hydroxylation is 1. The monoisotopic (exact) mass is 305 g/mol. The molecule has 122 valence electrons. The predicted octanol–water partition coefficient (Wildman–Crippen LogP) is 3.79. The Hall–Kier alpha value is -1.84. The lowest BCUT2D eigenvalue weighted by Crippen LogP contribution is -2.51. The van der Waals surface area contributed by atoms with Crippen LogP contribution in [0.2, 0.25) is 0 Å². The number of carboxylic acids is 1. The van der Waals surface area contributed by atoms with Crippen LogP contribution in [-0.4, -0.2) is 22.5 Å². The second kappa shape index (κ2) is 8.57. The predicted molar refractivity (Wildman–Crippen MR) is 88.1 cm³/mol. The Kier molecular flexibility index (Phi) is 7.09. The second-order valence-corrected chi connectivity index (χ2v) is 5.95. The van der Waals surface area contributed by atoms with Crippen molar-refractivity contribution in [3.63, 3.8) is 0 Å². The minimum atomic E-state index is -1.23. The number of hydrogen-bond donors (Lipinski definition) is 2. The van der Waals surface area contributed by atoms with Gasteiger partial charge in [0.25, 0.3) is 5.91 Å². The van der Waals surface area contributed by atoms with Gasteiger partial charge in [-0.1, -0.05) is 45.2 Å². The van der Waals surface area contributed by atoms with Crippen LogP contribution in [0, 0.1) is 0 Å². The Morgan fingerprint density at radius 2 is 1.73 bits per heavy atom. The van der Waals surface area contributed by atoms with Crippen molar-refractivity contribution in [3.8, 4) is 0 Å². The molecule has 22 heavy (non-hydrogen) atoms. The smallest absolute Gasteiger partial charge is 0.329 e. The van der Waals surface area contributed by atoms with Gasteiger partial charge in [-0.05, 0) is 43.9 Å².